The van der Waals surface area contributed by atoms with Gasteiger partial charge in [-0.25, -0.2) is 18.4 Å². The fraction of sp³-hybridized carbons (Fsp3) is 0.412. The molecule has 2 aliphatic rings. The largest absolute Gasteiger partial charge is 0.444 e. The van der Waals surface area contributed by atoms with E-state index in [4.69, 9.17) is 16.3 Å². The van der Waals surface area contributed by atoms with Crippen molar-refractivity contribution >= 4 is 46.2 Å². The van der Waals surface area contributed by atoms with E-state index in [9.17, 15) is 14.0 Å². The molecular weight excluding hydrogens is 689 g/mol. The second-order valence-corrected chi connectivity index (χ2v) is 14.8. The summed E-state index contributed by atoms with van der Waals surface area (Å²) in [6, 6.07) is 4.78. The van der Waals surface area contributed by atoms with Crippen molar-refractivity contribution in [1.82, 2.24) is 19.4 Å². The van der Waals surface area contributed by atoms with Gasteiger partial charge in [0.25, 0.3) is 0 Å². The van der Waals surface area contributed by atoms with Crippen molar-refractivity contribution < 1.29 is 31.5 Å². The van der Waals surface area contributed by atoms with E-state index >= 15 is 17.6 Å². The lowest BCUT2D eigenvalue weighted by atomic mass is 9.95. The van der Waals surface area contributed by atoms with Crippen LogP contribution in [-0.4, -0.2) is 62.1 Å². The third-order valence-electron chi connectivity index (χ3n) is 8.62. The summed E-state index contributed by atoms with van der Waals surface area (Å²) < 4.78 is 82.0. The molecule has 0 unspecified atom stereocenters. The summed E-state index contributed by atoms with van der Waals surface area (Å²) in [6.07, 6.45) is -2.37. The number of carbonyl (C=O) groups is 1. The van der Waals surface area contributed by atoms with Crippen LogP contribution >= 0.6 is 23.4 Å². The highest BCUT2D eigenvalue weighted by Crippen LogP contribution is 2.50. The first-order valence-electron chi connectivity index (χ1n) is 15.6. The van der Waals surface area contributed by atoms with Crippen molar-refractivity contribution in [3.8, 4) is 11.1 Å². The molecule has 0 N–H and O–H groups in total. The quantitative estimate of drug-likeness (QED) is 0.156. The van der Waals surface area contributed by atoms with Gasteiger partial charge in [0, 0.05) is 71.2 Å². The Morgan fingerprint density at radius 1 is 1.00 bits per heavy atom. The summed E-state index contributed by atoms with van der Waals surface area (Å²) in [5.41, 5.74) is -2.78. The Bertz CT molecular complexity index is 1990. The maximum absolute atomic E-state index is 15.5. The number of aromatic nitrogens is 3. The van der Waals surface area contributed by atoms with Gasteiger partial charge in [0.2, 0.25) is 0 Å². The fourth-order valence-electron chi connectivity index (χ4n) is 6.61. The summed E-state index contributed by atoms with van der Waals surface area (Å²) in [7, 11) is 0. The van der Waals surface area contributed by atoms with Crippen molar-refractivity contribution in [3.05, 3.63) is 81.0 Å². The Morgan fingerprint density at radius 3 is 2.27 bits per heavy atom. The minimum absolute atomic E-state index is 0.00260. The van der Waals surface area contributed by atoms with E-state index in [1.165, 1.54) is 4.57 Å². The highest BCUT2D eigenvalue weighted by molar-refractivity contribution is 7.99. The van der Waals surface area contributed by atoms with Crippen molar-refractivity contribution in [2.45, 2.75) is 75.8 Å². The van der Waals surface area contributed by atoms with E-state index < -0.39 is 69.0 Å². The summed E-state index contributed by atoms with van der Waals surface area (Å²) in [4.78, 5) is 38.8. The molecular formula is C34H33ClF5N5O3S. The number of hydrogen-bond donors (Lipinski definition) is 0. The summed E-state index contributed by atoms with van der Waals surface area (Å²) in [5.74, 6) is -2.47. The Balaban J connectivity index is 1.60. The van der Waals surface area contributed by atoms with Gasteiger partial charge < -0.3 is 9.64 Å². The van der Waals surface area contributed by atoms with Gasteiger partial charge in [0.15, 0.2) is 0 Å². The van der Waals surface area contributed by atoms with Gasteiger partial charge in [0.1, 0.15) is 23.1 Å². The maximum atomic E-state index is 15.5. The molecule has 0 spiro atoms. The molecule has 2 aromatic heterocycles. The van der Waals surface area contributed by atoms with Gasteiger partial charge in [-0.2, -0.15) is 18.2 Å². The number of nitrogens with zero attached hydrogens (tertiary/aromatic N) is 5. The zero-order valence-electron chi connectivity index (χ0n) is 27.2. The molecule has 3 atom stereocenters. The van der Waals surface area contributed by atoms with Gasteiger partial charge in [-0.3, -0.25) is 14.5 Å². The van der Waals surface area contributed by atoms with Crippen LogP contribution in [-0.2, 0) is 17.5 Å². The van der Waals surface area contributed by atoms with E-state index in [1.54, 1.807) is 68.9 Å². The van der Waals surface area contributed by atoms with Gasteiger partial charge in [-0.1, -0.05) is 11.6 Å². The number of halogens is 6. The monoisotopic (exact) mass is 721 g/mol. The lowest BCUT2D eigenvalue weighted by Crippen LogP contribution is -2.59. The Kier molecular flexibility index (Phi) is 9.10. The molecule has 2 aliphatic heterocycles. The molecule has 1 amide bonds. The highest BCUT2D eigenvalue weighted by Gasteiger charge is 2.41. The number of rotatable bonds is 3. The number of hydrogen-bond acceptors (Lipinski definition) is 7. The molecule has 1 fully saturated rings. The lowest BCUT2D eigenvalue weighted by Gasteiger charge is -2.45. The molecule has 4 heterocycles. The predicted molar refractivity (Wildman–Crippen MR) is 178 cm³/mol. The first kappa shape index (κ1) is 34.9. The SMILES string of the molecule is C[C@@H]1CN(c2nc(=O)n3c4c(c(-c5cc(Cl)c(F)cc5F)c(C(F)(F)F)cc24)SC[C@@H](c2ccncc2)C3)C[C@H](C)N1C(=O)OC(C)(C)C. The molecule has 1 saturated heterocycles. The first-order chi connectivity index (χ1) is 22.9. The van der Waals surface area contributed by atoms with E-state index in [-0.39, 0.29) is 52.9 Å². The molecule has 8 nitrogen and oxygen atoms in total. The average Bonchev–Trinajstić information content (AvgIpc) is 3.21. The Labute approximate surface area is 288 Å². The summed E-state index contributed by atoms with van der Waals surface area (Å²) in [5, 5.41) is -0.518. The van der Waals surface area contributed by atoms with Crippen molar-refractivity contribution in [2.24, 2.45) is 0 Å². The van der Waals surface area contributed by atoms with Crippen molar-refractivity contribution in [3.63, 3.8) is 0 Å². The van der Waals surface area contributed by atoms with Crippen LogP contribution in [0.25, 0.3) is 22.0 Å². The number of ether oxygens (including phenoxy) is 1. The second kappa shape index (κ2) is 12.8. The minimum Gasteiger partial charge on any atom is -0.444 e. The van der Waals surface area contributed by atoms with Crippen LogP contribution < -0.4 is 10.6 Å². The molecule has 6 rings (SSSR count). The van der Waals surface area contributed by atoms with Crippen LogP contribution in [0.2, 0.25) is 5.02 Å². The second-order valence-electron chi connectivity index (χ2n) is 13.4. The Morgan fingerprint density at radius 2 is 1.65 bits per heavy atom. The standard InChI is InChI=1S/C34H33ClF5N5O3S/c1-17-13-43(14-18(2)45(17)32(47)48-33(3,4)5)30-22-10-23(34(38,39)40)27(21-11-24(35)26(37)12-25(21)36)29-28(22)44(31(46)42-30)15-20(16-49-29)19-6-8-41-9-7-19/h6-12,17-18,20H,13-16H2,1-5H3/t17-,18+,20-/m0/s1. The molecule has 49 heavy (non-hydrogen) atoms. The van der Waals surface area contributed by atoms with Crippen LogP contribution in [0.5, 0.6) is 0 Å². The molecule has 0 aliphatic carbocycles. The molecule has 0 saturated carbocycles. The number of anilines is 1. The smallest absolute Gasteiger partial charge is 0.417 e. The third-order valence-corrected chi connectivity index (χ3v) is 10.2. The number of amides is 1. The Hall–Kier alpha value is -3.91. The van der Waals surface area contributed by atoms with Crippen LogP contribution in [0.4, 0.5) is 32.6 Å². The highest BCUT2D eigenvalue weighted by atomic mass is 35.5. The molecule has 2 aromatic carbocycles. The zero-order chi connectivity index (χ0) is 35.6. The number of carbonyl (C=O) groups excluding carboxylic acids is 1. The molecule has 0 bridgehead atoms. The molecule has 0 radical (unpaired) electrons. The van der Waals surface area contributed by atoms with Crippen LogP contribution in [0.15, 0.2) is 52.4 Å². The third kappa shape index (κ3) is 6.69. The van der Waals surface area contributed by atoms with Crippen LogP contribution in [0, 0.1) is 11.6 Å². The van der Waals surface area contributed by atoms with Crippen molar-refractivity contribution in [2.75, 3.05) is 23.7 Å². The number of thioether (sulfide) groups is 1. The van der Waals surface area contributed by atoms with E-state index in [2.05, 4.69) is 9.97 Å². The topological polar surface area (TPSA) is 80.6 Å². The summed E-state index contributed by atoms with van der Waals surface area (Å²) >= 11 is 7.05. The summed E-state index contributed by atoms with van der Waals surface area (Å²) in [6.45, 7) is 9.17. The van der Waals surface area contributed by atoms with E-state index in [0.717, 1.165) is 29.5 Å². The molecule has 15 heteroatoms. The normalized spacial score (nSPS) is 20.0. The minimum atomic E-state index is -5.00. The zero-order valence-corrected chi connectivity index (χ0v) is 28.8. The number of piperazine rings is 1. The van der Waals surface area contributed by atoms with E-state index in [0.29, 0.717) is 6.07 Å². The van der Waals surface area contributed by atoms with Gasteiger partial charge in [-0.15, -0.1) is 11.8 Å². The molecule has 260 valence electrons. The van der Waals surface area contributed by atoms with Gasteiger partial charge >= 0.3 is 18.0 Å². The van der Waals surface area contributed by atoms with Crippen molar-refractivity contribution in [1.29, 1.82) is 0 Å². The van der Waals surface area contributed by atoms with Crippen LogP contribution in [0.3, 0.4) is 0 Å². The van der Waals surface area contributed by atoms with E-state index in [1.807, 2.05) is 0 Å². The van der Waals surface area contributed by atoms with Gasteiger partial charge in [-0.05, 0) is 64.4 Å². The predicted octanol–water partition coefficient (Wildman–Crippen LogP) is 8.13. The average molecular weight is 722 g/mol. The fourth-order valence-corrected chi connectivity index (χ4v) is 8.16. The number of alkyl halides is 3. The first-order valence-corrected chi connectivity index (χ1v) is 16.9. The van der Waals surface area contributed by atoms with Crippen LogP contribution in [0.1, 0.15) is 51.7 Å². The van der Waals surface area contributed by atoms with Gasteiger partial charge in [0.05, 0.1) is 28.2 Å². The molecule has 4 aromatic rings. The number of benzene rings is 2. The maximum Gasteiger partial charge on any atom is 0.417 e. The number of pyridine rings is 1. The lowest BCUT2D eigenvalue weighted by molar-refractivity contribution is -0.137.